The molecule has 1 amide bonds. The largest absolute Gasteiger partial charge is 0.481 e. The molecule has 21 heavy (non-hydrogen) atoms. The van der Waals surface area contributed by atoms with E-state index in [-0.39, 0.29) is 23.8 Å². The minimum Gasteiger partial charge on any atom is -0.481 e. The van der Waals surface area contributed by atoms with Crippen molar-refractivity contribution >= 4 is 27.4 Å². The highest BCUT2D eigenvalue weighted by atomic mass is 32.2. The molecule has 0 fully saturated rings. The fourth-order valence-electron chi connectivity index (χ4n) is 1.79. The van der Waals surface area contributed by atoms with E-state index in [1.54, 1.807) is 13.8 Å². The van der Waals surface area contributed by atoms with Gasteiger partial charge in [0.05, 0.1) is 18.3 Å². The van der Waals surface area contributed by atoms with Crippen molar-refractivity contribution in [3.63, 3.8) is 0 Å². The molecule has 0 saturated heterocycles. The summed E-state index contributed by atoms with van der Waals surface area (Å²) in [4.78, 5) is 26.3. The number of nitrogens with one attached hydrogen (secondary N) is 1. The maximum absolute atomic E-state index is 11.8. The van der Waals surface area contributed by atoms with Crippen molar-refractivity contribution in [2.45, 2.75) is 31.7 Å². The minimum atomic E-state index is -3.38. The number of aliphatic carboxylic acids is 1. The molecule has 0 bridgehead atoms. The quantitative estimate of drug-likeness (QED) is 0.818. The second-order valence-corrected chi connectivity index (χ2v) is 7.58. The SMILES string of the molecule is CC(C)(CC(=O)O)CC(=O)Nc1ccc(S(C)(=O)=O)nc1. The molecule has 0 radical (unpaired) electrons. The summed E-state index contributed by atoms with van der Waals surface area (Å²) in [6.07, 6.45) is 2.21. The lowest BCUT2D eigenvalue weighted by molar-refractivity contribution is -0.139. The first kappa shape index (κ1) is 17.1. The zero-order valence-electron chi connectivity index (χ0n) is 12.1. The molecule has 2 N–H and O–H groups in total. The van der Waals surface area contributed by atoms with Gasteiger partial charge >= 0.3 is 5.97 Å². The smallest absolute Gasteiger partial charge is 0.303 e. The van der Waals surface area contributed by atoms with Crippen molar-refractivity contribution in [3.05, 3.63) is 18.3 Å². The number of anilines is 1. The van der Waals surface area contributed by atoms with Crippen molar-refractivity contribution in [1.82, 2.24) is 4.98 Å². The second-order valence-electron chi connectivity index (χ2n) is 5.62. The number of amides is 1. The summed E-state index contributed by atoms with van der Waals surface area (Å²) >= 11 is 0. The Bertz CT molecular complexity index is 635. The van der Waals surface area contributed by atoms with Crippen LogP contribution in [-0.2, 0) is 19.4 Å². The lowest BCUT2D eigenvalue weighted by Gasteiger charge is -2.21. The number of sulfone groups is 1. The number of carboxylic acids is 1. The third kappa shape index (κ3) is 5.90. The molecule has 0 aliphatic heterocycles. The van der Waals surface area contributed by atoms with E-state index < -0.39 is 21.2 Å². The van der Waals surface area contributed by atoms with E-state index in [1.807, 2.05) is 0 Å². The Kier molecular flexibility index (Phi) is 5.06. The van der Waals surface area contributed by atoms with Crippen LogP contribution in [0.15, 0.2) is 23.4 Å². The van der Waals surface area contributed by atoms with Crippen molar-refractivity contribution in [2.24, 2.45) is 5.41 Å². The molecule has 1 aromatic rings. The number of hydrogen-bond donors (Lipinski definition) is 2. The summed E-state index contributed by atoms with van der Waals surface area (Å²) in [6.45, 7) is 3.37. The summed E-state index contributed by atoms with van der Waals surface area (Å²) in [7, 11) is -3.38. The normalized spacial score (nSPS) is 12.0. The highest BCUT2D eigenvalue weighted by Crippen LogP contribution is 2.25. The second kappa shape index (κ2) is 6.21. The summed E-state index contributed by atoms with van der Waals surface area (Å²) in [6, 6.07) is 2.73. The fraction of sp³-hybridized carbons (Fsp3) is 0.462. The molecule has 7 nitrogen and oxygen atoms in total. The predicted octanol–water partition coefficient (Wildman–Crippen LogP) is 1.31. The first-order valence-electron chi connectivity index (χ1n) is 6.17. The van der Waals surface area contributed by atoms with Crippen LogP contribution in [0.25, 0.3) is 0 Å². The van der Waals surface area contributed by atoms with Crippen molar-refractivity contribution in [2.75, 3.05) is 11.6 Å². The standard InChI is InChI=1S/C13H18N2O5S/c1-13(2,7-12(17)18)6-10(16)15-9-4-5-11(14-8-9)21(3,19)20/h4-5,8H,6-7H2,1-3H3,(H,15,16)(H,17,18). The van der Waals surface area contributed by atoms with Gasteiger partial charge < -0.3 is 10.4 Å². The molecule has 0 atom stereocenters. The molecule has 0 unspecified atom stereocenters. The number of carbonyl (C=O) groups excluding carboxylic acids is 1. The summed E-state index contributed by atoms with van der Waals surface area (Å²) < 4.78 is 22.5. The van der Waals surface area contributed by atoms with Gasteiger partial charge in [0.1, 0.15) is 0 Å². The van der Waals surface area contributed by atoms with E-state index in [0.29, 0.717) is 5.69 Å². The van der Waals surface area contributed by atoms with Gasteiger partial charge in [-0.25, -0.2) is 13.4 Å². The lowest BCUT2D eigenvalue weighted by atomic mass is 9.85. The Morgan fingerprint density at radius 1 is 1.29 bits per heavy atom. The van der Waals surface area contributed by atoms with Crippen LogP contribution in [0.5, 0.6) is 0 Å². The van der Waals surface area contributed by atoms with Gasteiger partial charge in [0, 0.05) is 12.7 Å². The maximum atomic E-state index is 11.8. The Labute approximate surface area is 123 Å². The van der Waals surface area contributed by atoms with Crippen molar-refractivity contribution in [1.29, 1.82) is 0 Å². The molecule has 0 aromatic carbocycles. The third-order valence-electron chi connectivity index (χ3n) is 2.67. The van der Waals surface area contributed by atoms with Gasteiger partial charge in [-0.05, 0) is 17.5 Å². The van der Waals surface area contributed by atoms with Gasteiger partial charge in [0.2, 0.25) is 5.91 Å². The van der Waals surface area contributed by atoms with E-state index >= 15 is 0 Å². The van der Waals surface area contributed by atoms with Crippen LogP contribution in [0, 0.1) is 5.41 Å². The monoisotopic (exact) mass is 314 g/mol. The van der Waals surface area contributed by atoms with E-state index in [0.717, 1.165) is 6.26 Å². The maximum Gasteiger partial charge on any atom is 0.303 e. The molecular weight excluding hydrogens is 296 g/mol. The molecule has 1 aromatic heterocycles. The van der Waals surface area contributed by atoms with Crippen LogP contribution in [0.1, 0.15) is 26.7 Å². The van der Waals surface area contributed by atoms with Gasteiger partial charge in [0.15, 0.2) is 14.9 Å². The van der Waals surface area contributed by atoms with E-state index in [4.69, 9.17) is 5.11 Å². The molecule has 0 aliphatic rings. The molecule has 8 heteroatoms. The average molecular weight is 314 g/mol. The zero-order valence-corrected chi connectivity index (χ0v) is 12.9. The minimum absolute atomic E-state index is 0.0348. The summed E-state index contributed by atoms with van der Waals surface area (Å²) in [5.41, 5.74) is -0.311. The number of aromatic nitrogens is 1. The van der Waals surface area contributed by atoms with Crippen LogP contribution >= 0.6 is 0 Å². The number of rotatable bonds is 6. The van der Waals surface area contributed by atoms with Crippen LogP contribution < -0.4 is 5.32 Å². The predicted molar refractivity (Wildman–Crippen MR) is 76.6 cm³/mol. The number of carbonyl (C=O) groups is 2. The molecule has 1 rings (SSSR count). The topological polar surface area (TPSA) is 113 Å². The zero-order chi connectivity index (χ0) is 16.3. The van der Waals surface area contributed by atoms with Crippen LogP contribution in [0.2, 0.25) is 0 Å². The van der Waals surface area contributed by atoms with E-state index in [2.05, 4.69) is 10.3 Å². The van der Waals surface area contributed by atoms with Gasteiger partial charge in [-0.3, -0.25) is 9.59 Å². The molecule has 0 aliphatic carbocycles. The van der Waals surface area contributed by atoms with E-state index in [9.17, 15) is 18.0 Å². The lowest BCUT2D eigenvalue weighted by Crippen LogP contribution is -2.24. The number of carboxylic acid groups (broad SMARTS) is 1. The van der Waals surface area contributed by atoms with Crippen molar-refractivity contribution < 1.29 is 23.1 Å². The number of pyridine rings is 1. The summed E-state index contributed by atoms with van der Waals surface area (Å²) in [5, 5.41) is 11.2. The molecular formula is C13H18N2O5S. The Morgan fingerprint density at radius 2 is 1.90 bits per heavy atom. The highest BCUT2D eigenvalue weighted by molar-refractivity contribution is 7.90. The fourth-order valence-corrected chi connectivity index (χ4v) is 2.34. The van der Waals surface area contributed by atoms with Crippen LogP contribution in [-0.4, -0.2) is 36.6 Å². The average Bonchev–Trinajstić information content (AvgIpc) is 2.25. The van der Waals surface area contributed by atoms with E-state index in [1.165, 1.54) is 18.3 Å². The molecule has 0 saturated carbocycles. The number of hydrogen-bond acceptors (Lipinski definition) is 5. The third-order valence-corrected chi connectivity index (χ3v) is 3.67. The Hall–Kier alpha value is -1.96. The molecule has 0 spiro atoms. The molecule has 1 heterocycles. The number of nitrogens with zero attached hydrogens (tertiary/aromatic N) is 1. The summed E-state index contributed by atoms with van der Waals surface area (Å²) in [5.74, 6) is -1.32. The van der Waals surface area contributed by atoms with Gasteiger partial charge in [-0.15, -0.1) is 0 Å². The molecule has 116 valence electrons. The first-order chi connectivity index (χ1) is 9.49. The van der Waals surface area contributed by atoms with Crippen LogP contribution in [0.3, 0.4) is 0 Å². The van der Waals surface area contributed by atoms with Gasteiger partial charge in [0.25, 0.3) is 0 Å². The highest BCUT2D eigenvalue weighted by Gasteiger charge is 2.25. The Morgan fingerprint density at radius 3 is 2.33 bits per heavy atom. The van der Waals surface area contributed by atoms with Crippen molar-refractivity contribution in [3.8, 4) is 0 Å². The van der Waals surface area contributed by atoms with Crippen LogP contribution in [0.4, 0.5) is 5.69 Å². The first-order valence-corrected chi connectivity index (χ1v) is 8.06. The van der Waals surface area contributed by atoms with Gasteiger partial charge in [-0.1, -0.05) is 13.8 Å². The Balaban J connectivity index is 2.69. The van der Waals surface area contributed by atoms with Gasteiger partial charge in [-0.2, -0.15) is 0 Å².